The standard InChI is InChI=1S/C14H24ClNO/c1-2-4-10(7-8-15)9-16-14(17)13-11-5-3-6-12(11)13/h10-13H,2-9H2,1H3,(H,16,17). The highest BCUT2D eigenvalue weighted by Gasteiger charge is 2.56. The van der Waals surface area contributed by atoms with Crippen molar-refractivity contribution in [1.82, 2.24) is 5.32 Å². The maximum atomic E-state index is 12.0. The van der Waals surface area contributed by atoms with Crippen LogP contribution in [0.25, 0.3) is 0 Å². The lowest BCUT2D eigenvalue weighted by molar-refractivity contribution is -0.123. The molecule has 2 aliphatic rings. The van der Waals surface area contributed by atoms with Crippen molar-refractivity contribution in [2.75, 3.05) is 12.4 Å². The third-order valence-corrected chi connectivity index (χ3v) is 4.71. The maximum Gasteiger partial charge on any atom is 0.223 e. The van der Waals surface area contributed by atoms with Crippen LogP contribution in [0, 0.1) is 23.7 Å². The van der Waals surface area contributed by atoms with Crippen LogP contribution in [0.2, 0.25) is 0 Å². The second-order valence-electron chi connectivity index (χ2n) is 5.66. The van der Waals surface area contributed by atoms with Crippen molar-refractivity contribution < 1.29 is 4.79 Å². The van der Waals surface area contributed by atoms with Gasteiger partial charge in [-0.1, -0.05) is 19.8 Å². The molecule has 2 nitrogen and oxygen atoms in total. The molecule has 2 fully saturated rings. The molecule has 0 saturated heterocycles. The van der Waals surface area contributed by atoms with Crippen molar-refractivity contribution >= 4 is 17.5 Å². The SMILES string of the molecule is CCCC(CCCl)CNC(=O)C1C2CCCC21. The zero-order valence-corrected chi connectivity index (χ0v) is 11.5. The Morgan fingerprint density at radius 2 is 2.06 bits per heavy atom. The molecule has 0 aromatic heterocycles. The molecule has 2 rings (SSSR count). The minimum atomic E-state index is 0.315. The summed E-state index contributed by atoms with van der Waals surface area (Å²) in [6, 6.07) is 0. The number of amides is 1. The molecule has 1 N–H and O–H groups in total. The summed E-state index contributed by atoms with van der Waals surface area (Å²) in [6.45, 7) is 3.02. The summed E-state index contributed by atoms with van der Waals surface area (Å²) in [5, 5.41) is 3.15. The van der Waals surface area contributed by atoms with Gasteiger partial charge in [0.25, 0.3) is 0 Å². The molecule has 0 spiro atoms. The Kier molecular flexibility index (Phi) is 4.72. The average Bonchev–Trinajstić information content (AvgIpc) is 2.80. The van der Waals surface area contributed by atoms with Crippen LogP contribution in [0.1, 0.15) is 45.4 Å². The normalized spacial score (nSPS) is 32.0. The van der Waals surface area contributed by atoms with Crippen LogP contribution in [0.5, 0.6) is 0 Å². The van der Waals surface area contributed by atoms with Crippen LogP contribution in [-0.4, -0.2) is 18.3 Å². The molecule has 0 heterocycles. The van der Waals surface area contributed by atoms with E-state index in [1.807, 2.05) is 0 Å². The first kappa shape index (κ1) is 13.2. The summed E-state index contributed by atoms with van der Waals surface area (Å²) in [7, 11) is 0. The fraction of sp³-hybridized carbons (Fsp3) is 0.929. The Labute approximate surface area is 109 Å². The van der Waals surface area contributed by atoms with Gasteiger partial charge in [0.1, 0.15) is 0 Å². The van der Waals surface area contributed by atoms with Gasteiger partial charge in [-0.05, 0) is 43.4 Å². The number of alkyl halides is 1. The van der Waals surface area contributed by atoms with Crippen LogP contribution in [0.15, 0.2) is 0 Å². The number of nitrogens with one attached hydrogen (secondary N) is 1. The Hall–Kier alpha value is -0.240. The summed E-state index contributed by atoms with van der Waals surface area (Å²) in [5.74, 6) is 3.41. The minimum absolute atomic E-state index is 0.315. The summed E-state index contributed by atoms with van der Waals surface area (Å²) in [5.41, 5.74) is 0. The molecule has 3 atom stereocenters. The van der Waals surface area contributed by atoms with Crippen LogP contribution in [0.4, 0.5) is 0 Å². The third kappa shape index (κ3) is 3.15. The number of rotatable bonds is 7. The fourth-order valence-corrected chi connectivity index (χ4v) is 3.79. The number of carbonyl (C=O) groups excluding carboxylic acids is 1. The van der Waals surface area contributed by atoms with Gasteiger partial charge < -0.3 is 5.32 Å². The highest BCUT2D eigenvalue weighted by Crippen LogP contribution is 2.57. The lowest BCUT2D eigenvalue weighted by Gasteiger charge is -2.16. The highest BCUT2D eigenvalue weighted by atomic mass is 35.5. The van der Waals surface area contributed by atoms with Gasteiger partial charge in [0.2, 0.25) is 5.91 Å². The molecule has 1 amide bonds. The van der Waals surface area contributed by atoms with E-state index in [0.29, 0.717) is 23.6 Å². The van der Waals surface area contributed by atoms with E-state index in [-0.39, 0.29) is 0 Å². The molecule has 0 bridgehead atoms. The molecule has 2 saturated carbocycles. The van der Waals surface area contributed by atoms with Crippen molar-refractivity contribution in [3.05, 3.63) is 0 Å². The molecule has 17 heavy (non-hydrogen) atoms. The van der Waals surface area contributed by atoms with Gasteiger partial charge in [-0.25, -0.2) is 0 Å². The number of carbonyl (C=O) groups is 1. The Bertz CT molecular complexity index is 253. The lowest BCUT2D eigenvalue weighted by atomic mass is 10.0. The Morgan fingerprint density at radius 3 is 2.65 bits per heavy atom. The third-order valence-electron chi connectivity index (χ3n) is 4.49. The molecule has 3 unspecified atom stereocenters. The fourth-order valence-electron chi connectivity index (χ4n) is 3.48. The first-order chi connectivity index (χ1) is 8.27. The second kappa shape index (κ2) is 6.08. The highest BCUT2D eigenvalue weighted by molar-refractivity contribution is 6.17. The summed E-state index contributed by atoms with van der Waals surface area (Å²) < 4.78 is 0. The van der Waals surface area contributed by atoms with Crippen LogP contribution >= 0.6 is 11.6 Å². The van der Waals surface area contributed by atoms with Crippen molar-refractivity contribution in [3.8, 4) is 0 Å². The monoisotopic (exact) mass is 257 g/mol. The molecule has 0 aromatic rings. The van der Waals surface area contributed by atoms with Crippen molar-refractivity contribution in [2.24, 2.45) is 23.7 Å². The predicted octanol–water partition coefficient (Wildman–Crippen LogP) is 3.19. The first-order valence-corrected chi connectivity index (χ1v) is 7.65. The van der Waals surface area contributed by atoms with Gasteiger partial charge in [-0.15, -0.1) is 11.6 Å². The molecule has 0 aromatic carbocycles. The Balaban J connectivity index is 1.68. The zero-order valence-electron chi connectivity index (χ0n) is 10.8. The van der Waals surface area contributed by atoms with E-state index in [9.17, 15) is 4.79 Å². The summed E-state index contributed by atoms with van der Waals surface area (Å²) >= 11 is 5.79. The second-order valence-corrected chi connectivity index (χ2v) is 6.04. The van der Waals surface area contributed by atoms with Gasteiger partial charge >= 0.3 is 0 Å². The molecule has 3 heteroatoms. The van der Waals surface area contributed by atoms with Crippen molar-refractivity contribution in [3.63, 3.8) is 0 Å². The smallest absolute Gasteiger partial charge is 0.223 e. The van der Waals surface area contributed by atoms with E-state index in [0.717, 1.165) is 24.8 Å². The quantitative estimate of drug-likeness (QED) is 0.698. The summed E-state index contributed by atoms with van der Waals surface area (Å²) in [6.07, 6.45) is 7.26. The average molecular weight is 258 g/mol. The first-order valence-electron chi connectivity index (χ1n) is 7.11. The minimum Gasteiger partial charge on any atom is -0.356 e. The van der Waals surface area contributed by atoms with Crippen LogP contribution < -0.4 is 5.32 Å². The van der Waals surface area contributed by atoms with E-state index in [4.69, 9.17) is 11.6 Å². The van der Waals surface area contributed by atoms with Crippen molar-refractivity contribution in [2.45, 2.75) is 45.4 Å². The van der Waals surface area contributed by atoms with E-state index < -0.39 is 0 Å². The van der Waals surface area contributed by atoms with E-state index in [1.54, 1.807) is 0 Å². The van der Waals surface area contributed by atoms with E-state index >= 15 is 0 Å². The molecule has 0 aliphatic heterocycles. The molecule has 2 aliphatic carbocycles. The lowest BCUT2D eigenvalue weighted by Crippen LogP contribution is -2.31. The Morgan fingerprint density at radius 1 is 1.35 bits per heavy atom. The molecule has 98 valence electrons. The molecular formula is C14H24ClNO. The van der Waals surface area contributed by atoms with E-state index in [2.05, 4.69) is 12.2 Å². The van der Waals surface area contributed by atoms with Gasteiger partial charge in [0, 0.05) is 18.3 Å². The summed E-state index contributed by atoms with van der Waals surface area (Å²) in [4.78, 5) is 12.0. The van der Waals surface area contributed by atoms with Crippen LogP contribution in [-0.2, 0) is 4.79 Å². The van der Waals surface area contributed by atoms with Gasteiger partial charge in [0.05, 0.1) is 0 Å². The maximum absolute atomic E-state index is 12.0. The van der Waals surface area contributed by atoms with Crippen molar-refractivity contribution in [1.29, 1.82) is 0 Å². The number of hydrogen-bond donors (Lipinski definition) is 1. The zero-order chi connectivity index (χ0) is 12.3. The topological polar surface area (TPSA) is 29.1 Å². The largest absolute Gasteiger partial charge is 0.356 e. The molecular weight excluding hydrogens is 234 g/mol. The van der Waals surface area contributed by atoms with Crippen LogP contribution in [0.3, 0.4) is 0 Å². The van der Waals surface area contributed by atoms with Gasteiger partial charge in [-0.2, -0.15) is 0 Å². The van der Waals surface area contributed by atoms with E-state index in [1.165, 1.54) is 32.1 Å². The van der Waals surface area contributed by atoms with Gasteiger partial charge in [-0.3, -0.25) is 4.79 Å². The predicted molar refractivity (Wildman–Crippen MR) is 71.1 cm³/mol. The van der Waals surface area contributed by atoms with Gasteiger partial charge in [0.15, 0.2) is 0 Å². The molecule has 0 radical (unpaired) electrons. The number of fused-ring (bicyclic) bond motifs is 1. The number of hydrogen-bond acceptors (Lipinski definition) is 1. The number of halogens is 1.